The minimum absolute atomic E-state index is 0.117. The van der Waals surface area contributed by atoms with Crippen molar-refractivity contribution in [2.45, 2.75) is 12.6 Å². The summed E-state index contributed by atoms with van der Waals surface area (Å²) in [6.07, 6.45) is -4.92. The van der Waals surface area contributed by atoms with E-state index in [1.54, 1.807) is 12.1 Å². The average molecular weight is 332 g/mol. The van der Waals surface area contributed by atoms with Crippen LogP contribution in [0.25, 0.3) is 0 Å². The summed E-state index contributed by atoms with van der Waals surface area (Å²) in [5.41, 5.74) is -0.388. The summed E-state index contributed by atoms with van der Waals surface area (Å²) in [4.78, 5) is 36.8. The maximum absolute atomic E-state index is 12.7. The van der Waals surface area contributed by atoms with Crippen LogP contribution in [-0.2, 0) is 17.4 Å². The van der Waals surface area contributed by atoms with E-state index >= 15 is 0 Å². The summed E-state index contributed by atoms with van der Waals surface area (Å²) in [6, 6.07) is 10.4. The van der Waals surface area contributed by atoms with Gasteiger partial charge in [-0.3, -0.25) is 14.4 Å². The van der Waals surface area contributed by atoms with Gasteiger partial charge in [0.05, 0.1) is 5.56 Å². The molecule has 0 bridgehead atoms. The van der Waals surface area contributed by atoms with Gasteiger partial charge in [-0.05, 0) is 11.6 Å². The normalized spacial score (nSPS) is 14.8. The Morgan fingerprint density at radius 1 is 0.917 bits per heavy atom. The number of ketones is 3. The minimum Gasteiger partial charge on any atom is -0.298 e. The van der Waals surface area contributed by atoms with Gasteiger partial charge >= 0.3 is 6.18 Å². The molecule has 1 aliphatic carbocycles. The van der Waals surface area contributed by atoms with E-state index in [0.717, 1.165) is 12.1 Å². The molecule has 0 N–H and O–H groups in total. The molecule has 0 atom stereocenters. The topological polar surface area (TPSA) is 51.2 Å². The summed E-state index contributed by atoms with van der Waals surface area (Å²) in [7, 11) is 0. The molecular weight excluding hydrogens is 321 g/mol. The molecule has 0 aliphatic heterocycles. The van der Waals surface area contributed by atoms with Crippen molar-refractivity contribution in [1.29, 1.82) is 0 Å². The third-order valence-corrected chi connectivity index (χ3v) is 3.94. The Morgan fingerprint density at radius 3 is 2.04 bits per heavy atom. The molecule has 24 heavy (non-hydrogen) atoms. The molecule has 0 spiro atoms. The third-order valence-electron chi connectivity index (χ3n) is 3.94. The number of benzene rings is 2. The van der Waals surface area contributed by atoms with E-state index in [2.05, 4.69) is 0 Å². The molecule has 0 saturated carbocycles. The number of alkyl halides is 3. The predicted molar refractivity (Wildman–Crippen MR) is 78.7 cm³/mol. The van der Waals surface area contributed by atoms with Crippen LogP contribution in [0.3, 0.4) is 0 Å². The highest BCUT2D eigenvalue weighted by atomic mass is 19.4. The van der Waals surface area contributed by atoms with Gasteiger partial charge in [0.15, 0.2) is 17.3 Å². The van der Waals surface area contributed by atoms with Crippen LogP contribution in [0.2, 0.25) is 0 Å². The van der Waals surface area contributed by atoms with E-state index in [9.17, 15) is 27.6 Å². The molecule has 1 aliphatic rings. The number of fused-ring (bicyclic) bond motifs is 1. The molecule has 0 fully saturated rings. The van der Waals surface area contributed by atoms with Gasteiger partial charge in [-0.15, -0.1) is 0 Å². The van der Waals surface area contributed by atoms with Crippen molar-refractivity contribution in [3.05, 3.63) is 70.8 Å². The Morgan fingerprint density at radius 2 is 1.50 bits per heavy atom. The number of carbonyl (C=O) groups is 3. The number of hydrogen-bond donors (Lipinski definition) is 0. The van der Waals surface area contributed by atoms with Gasteiger partial charge in [0.2, 0.25) is 0 Å². The van der Waals surface area contributed by atoms with Crippen molar-refractivity contribution < 1.29 is 27.6 Å². The first-order valence-corrected chi connectivity index (χ1v) is 7.15. The van der Waals surface area contributed by atoms with E-state index < -0.39 is 41.4 Å². The monoisotopic (exact) mass is 332 g/mol. The molecule has 3 rings (SSSR count). The molecule has 0 unspecified atom stereocenters. The van der Waals surface area contributed by atoms with Gasteiger partial charge in [0, 0.05) is 17.5 Å². The van der Waals surface area contributed by atoms with E-state index in [4.69, 9.17) is 0 Å². The zero-order valence-corrected chi connectivity index (χ0v) is 12.3. The summed E-state index contributed by atoms with van der Waals surface area (Å²) in [6.45, 7) is 0. The lowest BCUT2D eigenvalue weighted by Crippen LogP contribution is -2.27. The second-order valence-electron chi connectivity index (χ2n) is 5.55. The number of Topliss-reactive ketones (excluding diaryl/α,β-unsaturated/α-hetero) is 3. The lowest BCUT2D eigenvalue weighted by molar-refractivity contribution is -0.137. The Bertz CT molecular complexity index is 818. The fraction of sp³-hybridized carbons (Fsp3) is 0.167. The van der Waals surface area contributed by atoms with E-state index in [-0.39, 0.29) is 16.7 Å². The molecule has 3 nitrogen and oxygen atoms in total. The summed E-state index contributed by atoms with van der Waals surface area (Å²) in [5, 5.41) is 0. The Hall–Kier alpha value is -2.76. The zero-order chi connectivity index (χ0) is 17.5. The lowest BCUT2D eigenvalue weighted by atomic mass is 9.93. The van der Waals surface area contributed by atoms with Gasteiger partial charge in [-0.1, -0.05) is 42.5 Å². The molecular formula is C18H11F3O3. The van der Waals surface area contributed by atoms with Crippen LogP contribution >= 0.6 is 0 Å². The maximum Gasteiger partial charge on any atom is 0.416 e. The highest BCUT2D eigenvalue weighted by molar-refractivity contribution is 6.35. The van der Waals surface area contributed by atoms with Gasteiger partial charge in [0.1, 0.15) is 5.92 Å². The van der Waals surface area contributed by atoms with E-state index in [0.29, 0.717) is 0 Å². The van der Waals surface area contributed by atoms with Crippen LogP contribution < -0.4 is 0 Å². The highest BCUT2D eigenvalue weighted by Crippen LogP contribution is 2.31. The van der Waals surface area contributed by atoms with Crippen molar-refractivity contribution >= 4 is 17.3 Å². The first kappa shape index (κ1) is 16.1. The van der Waals surface area contributed by atoms with Crippen molar-refractivity contribution in [2.75, 3.05) is 0 Å². The van der Waals surface area contributed by atoms with Gasteiger partial charge in [0.25, 0.3) is 0 Å². The number of carbonyl (C=O) groups excluding carboxylic acids is 3. The van der Waals surface area contributed by atoms with Crippen LogP contribution in [0.15, 0.2) is 48.5 Å². The van der Waals surface area contributed by atoms with Crippen LogP contribution in [0, 0.1) is 5.92 Å². The summed E-state index contributed by atoms with van der Waals surface area (Å²) >= 11 is 0. The predicted octanol–water partition coefficient (Wildman–Crippen LogP) is 3.51. The van der Waals surface area contributed by atoms with Crippen molar-refractivity contribution in [3.8, 4) is 0 Å². The minimum atomic E-state index is -4.52. The molecule has 0 radical (unpaired) electrons. The zero-order valence-electron chi connectivity index (χ0n) is 12.3. The number of halogens is 3. The molecule has 2 aromatic rings. The van der Waals surface area contributed by atoms with Gasteiger partial charge in [-0.2, -0.15) is 13.2 Å². The van der Waals surface area contributed by atoms with Gasteiger partial charge < -0.3 is 0 Å². The number of hydrogen-bond acceptors (Lipinski definition) is 3. The van der Waals surface area contributed by atoms with Crippen LogP contribution in [0.1, 0.15) is 31.8 Å². The van der Waals surface area contributed by atoms with Crippen molar-refractivity contribution in [1.82, 2.24) is 0 Å². The summed E-state index contributed by atoms with van der Waals surface area (Å²) < 4.78 is 38.1. The van der Waals surface area contributed by atoms with E-state index in [1.165, 1.54) is 24.3 Å². The van der Waals surface area contributed by atoms with Crippen LogP contribution in [0.5, 0.6) is 0 Å². The lowest BCUT2D eigenvalue weighted by Gasteiger charge is -2.10. The fourth-order valence-corrected chi connectivity index (χ4v) is 2.80. The second kappa shape index (κ2) is 5.70. The first-order chi connectivity index (χ1) is 11.3. The summed E-state index contributed by atoms with van der Waals surface area (Å²) in [5.74, 6) is -3.34. The van der Waals surface area contributed by atoms with Crippen molar-refractivity contribution in [3.63, 3.8) is 0 Å². The molecule has 2 aromatic carbocycles. The molecule has 0 aromatic heterocycles. The van der Waals surface area contributed by atoms with Gasteiger partial charge in [-0.25, -0.2) is 0 Å². The number of rotatable bonds is 3. The standard InChI is InChI=1S/C18H11F3O3/c19-18(20,21)11-5-3-4-10(8-11)9-14(22)15-16(23)12-6-1-2-7-13(12)17(15)24/h1-8,15H,9H2. The van der Waals surface area contributed by atoms with E-state index in [1.807, 2.05) is 0 Å². The average Bonchev–Trinajstić information content (AvgIpc) is 2.79. The SMILES string of the molecule is O=C(Cc1cccc(C(F)(F)F)c1)C1C(=O)c2ccccc2C1=O. The molecule has 0 amide bonds. The fourth-order valence-electron chi connectivity index (χ4n) is 2.80. The van der Waals surface area contributed by atoms with Crippen molar-refractivity contribution in [2.24, 2.45) is 5.92 Å². The Kier molecular flexibility index (Phi) is 3.83. The third kappa shape index (κ3) is 2.75. The second-order valence-corrected chi connectivity index (χ2v) is 5.55. The molecule has 0 heterocycles. The smallest absolute Gasteiger partial charge is 0.298 e. The maximum atomic E-state index is 12.7. The molecule has 122 valence electrons. The largest absolute Gasteiger partial charge is 0.416 e. The Labute approximate surface area is 135 Å². The highest BCUT2D eigenvalue weighted by Gasteiger charge is 2.42. The first-order valence-electron chi connectivity index (χ1n) is 7.15. The van der Waals surface area contributed by atoms with Crippen LogP contribution in [0.4, 0.5) is 13.2 Å². The Balaban J connectivity index is 1.85. The molecule has 0 saturated heterocycles. The van der Waals surface area contributed by atoms with Crippen LogP contribution in [-0.4, -0.2) is 17.3 Å². The quantitative estimate of drug-likeness (QED) is 0.808. The molecule has 6 heteroatoms.